The standard InChI is InChI=1S/C13H9NO4/c15-8-10-6-5-9(17-10)7-14-11-3-1-2-4-12(11)18-13(14)16/h1-6,8H,7H2. The number of benzene rings is 1. The number of oxazole rings is 1. The van der Waals surface area contributed by atoms with E-state index in [-0.39, 0.29) is 12.3 Å². The molecule has 0 spiro atoms. The summed E-state index contributed by atoms with van der Waals surface area (Å²) in [5, 5.41) is 0. The highest BCUT2D eigenvalue weighted by molar-refractivity contribution is 5.72. The Morgan fingerprint density at radius 1 is 1.11 bits per heavy atom. The van der Waals surface area contributed by atoms with E-state index in [0.29, 0.717) is 23.1 Å². The summed E-state index contributed by atoms with van der Waals surface area (Å²) in [6.45, 7) is 0.240. The van der Waals surface area contributed by atoms with Crippen LogP contribution in [0, 0.1) is 0 Å². The van der Waals surface area contributed by atoms with Gasteiger partial charge < -0.3 is 8.83 Å². The summed E-state index contributed by atoms with van der Waals surface area (Å²) in [5.74, 6) is 0.330. The van der Waals surface area contributed by atoms with E-state index < -0.39 is 5.76 Å². The number of furan rings is 1. The van der Waals surface area contributed by atoms with Crippen LogP contribution in [0.25, 0.3) is 11.1 Å². The average Bonchev–Trinajstić information content (AvgIpc) is 2.96. The molecule has 3 aromatic rings. The van der Waals surface area contributed by atoms with E-state index in [2.05, 4.69) is 0 Å². The normalized spacial score (nSPS) is 10.9. The van der Waals surface area contributed by atoms with Gasteiger partial charge in [-0.05, 0) is 24.3 Å². The van der Waals surface area contributed by atoms with Crippen molar-refractivity contribution < 1.29 is 13.6 Å². The van der Waals surface area contributed by atoms with Gasteiger partial charge in [0.05, 0.1) is 12.1 Å². The number of fused-ring (bicyclic) bond motifs is 1. The van der Waals surface area contributed by atoms with Crippen LogP contribution >= 0.6 is 0 Å². The number of aromatic nitrogens is 1. The van der Waals surface area contributed by atoms with Gasteiger partial charge in [-0.3, -0.25) is 9.36 Å². The minimum atomic E-state index is -0.444. The predicted octanol–water partition coefficient (Wildman–Crippen LogP) is 2.05. The van der Waals surface area contributed by atoms with Gasteiger partial charge in [0.25, 0.3) is 0 Å². The number of carbonyl (C=O) groups excluding carboxylic acids is 1. The van der Waals surface area contributed by atoms with Crippen molar-refractivity contribution >= 4 is 17.4 Å². The van der Waals surface area contributed by atoms with Gasteiger partial charge in [0.15, 0.2) is 17.6 Å². The second-order valence-electron chi connectivity index (χ2n) is 3.84. The number of rotatable bonds is 3. The van der Waals surface area contributed by atoms with Crippen LogP contribution in [-0.2, 0) is 6.54 Å². The Morgan fingerprint density at radius 3 is 2.72 bits per heavy atom. The molecule has 0 saturated carbocycles. The van der Waals surface area contributed by atoms with Crippen molar-refractivity contribution in [1.29, 1.82) is 0 Å². The smallest absolute Gasteiger partial charge is 0.420 e. The first-order valence-electron chi connectivity index (χ1n) is 5.40. The van der Waals surface area contributed by atoms with Crippen molar-refractivity contribution in [3.8, 4) is 0 Å². The summed E-state index contributed by atoms with van der Waals surface area (Å²) in [6, 6.07) is 10.4. The van der Waals surface area contributed by atoms with Crippen molar-refractivity contribution in [3.05, 3.63) is 58.5 Å². The predicted molar refractivity (Wildman–Crippen MR) is 63.7 cm³/mol. The molecule has 3 rings (SSSR count). The maximum atomic E-state index is 11.7. The molecule has 18 heavy (non-hydrogen) atoms. The number of nitrogens with zero attached hydrogens (tertiary/aromatic N) is 1. The number of aldehydes is 1. The molecule has 90 valence electrons. The first-order valence-corrected chi connectivity index (χ1v) is 5.40. The van der Waals surface area contributed by atoms with Crippen LogP contribution in [0.2, 0.25) is 0 Å². The molecule has 0 unspecified atom stereocenters. The number of para-hydroxylation sites is 2. The third-order valence-corrected chi connectivity index (χ3v) is 2.69. The van der Waals surface area contributed by atoms with Gasteiger partial charge in [0.2, 0.25) is 0 Å². The van der Waals surface area contributed by atoms with Gasteiger partial charge in [-0.15, -0.1) is 0 Å². The highest BCUT2D eigenvalue weighted by atomic mass is 16.4. The molecule has 0 aliphatic heterocycles. The van der Waals surface area contributed by atoms with Crippen molar-refractivity contribution in [3.63, 3.8) is 0 Å². The molecule has 0 saturated heterocycles. The lowest BCUT2D eigenvalue weighted by atomic mass is 10.3. The van der Waals surface area contributed by atoms with E-state index in [1.54, 1.807) is 30.3 Å². The summed E-state index contributed by atoms with van der Waals surface area (Å²) in [5.41, 5.74) is 1.23. The van der Waals surface area contributed by atoms with Crippen LogP contribution in [-0.4, -0.2) is 10.9 Å². The molecule has 0 atom stereocenters. The average molecular weight is 243 g/mol. The fourth-order valence-electron chi connectivity index (χ4n) is 1.86. The molecule has 0 aliphatic rings. The third-order valence-electron chi connectivity index (χ3n) is 2.69. The van der Waals surface area contributed by atoms with Crippen LogP contribution in [0.1, 0.15) is 16.3 Å². The molecule has 0 N–H and O–H groups in total. The fourth-order valence-corrected chi connectivity index (χ4v) is 1.86. The van der Waals surface area contributed by atoms with Crippen molar-refractivity contribution in [2.45, 2.75) is 6.54 Å². The van der Waals surface area contributed by atoms with Crippen LogP contribution in [0.4, 0.5) is 0 Å². The van der Waals surface area contributed by atoms with Gasteiger partial charge in [-0.2, -0.15) is 0 Å². The molecule has 0 fully saturated rings. The molecular formula is C13H9NO4. The lowest BCUT2D eigenvalue weighted by molar-refractivity contribution is 0.109. The molecule has 5 heteroatoms. The zero-order chi connectivity index (χ0) is 12.5. The van der Waals surface area contributed by atoms with E-state index >= 15 is 0 Å². The van der Waals surface area contributed by atoms with Crippen molar-refractivity contribution in [1.82, 2.24) is 4.57 Å². The second kappa shape index (κ2) is 4.03. The molecule has 2 heterocycles. The molecule has 5 nitrogen and oxygen atoms in total. The second-order valence-corrected chi connectivity index (χ2v) is 3.84. The van der Waals surface area contributed by atoms with E-state index in [1.165, 1.54) is 4.57 Å². The number of hydrogen-bond acceptors (Lipinski definition) is 4. The van der Waals surface area contributed by atoms with Gasteiger partial charge in [-0.25, -0.2) is 4.79 Å². The Hall–Kier alpha value is -2.56. The van der Waals surface area contributed by atoms with E-state index in [0.717, 1.165) is 0 Å². The minimum absolute atomic E-state index is 0.240. The molecule has 0 aliphatic carbocycles. The Bertz CT molecular complexity index is 762. The first kappa shape index (κ1) is 10.6. The molecular weight excluding hydrogens is 234 g/mol. The molecule has 0 amide bonds. The maximum absolute atomic E-state index is 11.7. The zero-order valence-corrected chi connectivity index (χ0v) is 9.33. The molecule has 2 aromatic heterocycles. The minimum Gasteiger partial charge on any atom is -0.456 e. The third kappa shape index (κ3) is 1.66. The van der Waals surface area contributed by atoms with E-state index in [4.69, 9.17) is 8.83 Å². The van der Waals surface area contributed by atoms with Crippen LogP contribution in [0.5, 0.6) is 0 Å². The fraction of sp³-hybridized carbons (Fsp3) is 0.0769. The van der Waals surface area contributed by atoms with Crippen LogP contribution in [0.15, 0.2) is 50.0 Å². The van der Waals surface area contributed by atoms with E-state index in [1.807, 2.05) is 6.07 Å². The number of hydrogen-bond donors (Lipinski definition) is 0. The summed E-state index contributed by atoms with van der Waals surface area (Å²) in [6.07, 6.45) is 0.625. The maximum Gasteiger partial charge on any atom is 0.420 e. The Balaban J connectivity index is 2.06. The molecule has 0 radical (unpaired) electrons. The topological polar surface area (TPSA) is 65.3 Å². The first-order chi connectivity index (χ1) is 8.78. The summed E-state index contributed by atoms with van der Waals surface area (Å²) >= 11 is 0. The summed E-state index contributed by atoms with van der Waals surface area (Å²) in [7, 11) is 0. The monoisotopic (exact) mass is 243 g/mol. The zero-order valence-electron chi connectivity index (χ0n) is 9.33. The van der Waals surface area contributed by atoms with Gasteiger partial charge in [0.1, 0.15) is 5.76 Å². The van der Waals surface area contributed by atoms with Gasteiger partial charge in [0, 0.05) is 0 Å². The van der Waals surface area contributed by atoms with Crippen LogP contribution in [0.3, 0.4) is 0 Å². The molecule has 1 aromatic carbocycles. The Morgan fingerprint density at radius 2 is 1.94 bits per heavy atom. The Kier molecular flexibility index (Phi) is 2.37. The highest BCUT2D eigenvalue weighted by Gasteiger charge is 2.10. The van der Waals surface area contributed by atoms with Crippen molar-refractivity contribution in [2.75, 3.05) is 0 Å². The summed E-state index contributed by atoms with van der Waals surface area (Å²) in [4.78, 5) is 22.2. The SMILES string of the molecule is O=Cc1ccc(Cn2c(=O)oc3ccccc32)o1. The van der Waals surface area contributed by atoms with Gasteiger partial charge >= 0.3 is 5.76 Å². The molecule has 0 bridgehead atoms. The highest BCUT2D eigenvalue weighted by Crippen LogP contribution is 2.14. The van der Waals surface area contributed by atoms with E-state index in [9.17, 15) is 9.59 Å². The summed E-state index contributed by atoms with van der Waals surface area (Å²) < 4.78 is 11.8. The van der Waals surface area contributed by atoms with Gasteiger partial charge in [-0.1, -0.05) is 12.1 Å². The lowest BCUT2D eigenvalue weighted by Gasteiger charge is -1.98. The van der Waals surface area contributed by atoms with Crippen molar-refractivity contribution in [2.24, 2.45) is 0 Å². The Labute approximate surface area is 101 Å². The van der Waals surface area contributed by atoms with Crippen LogP contribution < -0.4 is 5.76 Å². The number of carbonyl (C=O) groups is 1. The largest absolute Gasteiger partial charge is 0.456 e. The quantitative estimate of drug-likeness (QED) is 0.660. The lowest BCUT2D eigenvalue weighted by Crippen LogP contribution is -2.14.